The fourth-order valence-corrected chi connectivity index (χ4v) is 5.51. The monoisotopic (exact) mass is 613 g/mol. The van der Waals surface area contributed by atoms with Crippen molar-refractivity contribution >= 4 is 35.7 Å². The summed E-state index contributed by atoms with van der Waals surface area (Å²) in [4.78, 5) is 40.4. The lowest BCUT2D eigenvalue weighted by atomic mass is 10.2. The van der Waals surface area contributed by atoms with E-state index in [-0.39, 0.29) is 24.3 Å². The predicted octanol–water partition coefficient (Wildman–Crippen LogP) is 2.69. The van der Waals surface area contributed by atoms with E-state index < -0.39 is 49.4 Å². The Balaban J connectivity index is 1.45. The molecule has 14 heteroatoms. The number of carbonyl (C=O) groups excluding carboxylic acids is 1. The predicted molar refractivity (Wildman–Crippen MR) is 141 cm³/mol. The molecule has 0 spiro atoms. The Morgan fingerprint density at radius 3 is 2.74 bits per heavy atom. The highest BCUT2D eigenvalue weighted by molar-refractivity contribution is 9.11. The van der Waals surface area contributed by atoms with Crippen LogP contribution in [0.1, 0.15) is 38.0 Å². The quantitative estimate of drug-likeness (QED) is 0.240. The van der Waals surface area contributed by atoms with Gasteiger partial charge in [0.15, 0.2) is 0 Å². The molecule has 0 amide bonds. The Kier molecular flexibility index (Phi) is 9.40. The minimum Gasteiger partial charge on any atom is -0.464 e. The molecule has 1 aromatic carbocycles. The van der Waals surface area contributed by atoms with Crippen LogP contribution < -0.4 is 20.9 Å². The van der Waals surface area contributed by atoms with Gasteiger partial charge in [-0.1, -0.05) is 34.1 Å². The molecule has 1 aromatic heterocycles. The molecule has 38 heavy (non-hydrogen) atoms. The molecule has 2 heterocycles. The van der Waals surface area contributed by atoms with Crippen molar-refractivity contribution in [2.45, 2.75) is 50.7 Å². The maximum atomic E-state index is 13.7. The van der Waals surface area contributed by atoms with Gasteiger partial charge in [0.1, 0.15) is 24.1 Å². The SMILES string of the molecule is C[C@H](NP(=O)(OCC1OC(n2cc(C=CBr)c(=O)[nH]c2=O)CC1O)Oc1ccccc1)C(=O)OCC1CC1. The van der Waals surface area contributed by atoms with Gasteiger partial charge in [0, 0.05) is 12.6 Å². The van der Waals surface area contributed by atoms with Crippen LogP contribution in [0.5, 0.6) is 5.75 Å². The first-order chi connectivity index (χ1) is 18.2. The number of aliphatic hydroxyl groups excluding tert-OH is 1. The molecule has 4 unspecified atom stereocenters. The van der Waals surface area contributed by atoms with Crippen LogP contribution >= 0.6 is 23.7 Å². The fourth-order valence-electron chi connectivity index (χ4n) is 3.72. The topological polar surface area (TPSA) is 158 Å². The average molecular weight is 614 g/mol. The maximum absolute atomic E-state index is 13.7. The lowest BCUT2D eigenvalue weighted by molar-refractivity contribution is -0.145. The minimum atomic E-state index is -4.16. The van der Waals surface area contributed by atoms with Crippen molar-refractivity contribution in [3.63, 3.8) is 0 Å². The number of para-hydroxylation sites is 1. The fraction of sp³-hybridized carbons (Fsp3) is 0.458. The summed E-state index contributed by atoms with van der Waals surface area (Å²) in [6.07, 6.45) is 1.83. The zero-order valence-corrected chi connectivity index (χ0v) is 23.0. The second-order valence-corrected chi connectivity index (χ2v) is 11.3. The summed E-state index contributed by atoms with van der Waals surface area (Å²) in [5, 5.41) is 13.2. The normalized spacial score (nSPS) is 23.7. The van der Waals surface area contributed by atoms with Crippen LogP contribution in [0.15, 0.2) is 51.1 Å². The number of hydrogen-bond donors (Lipinski definition) is 3. The summed E-state index contributed by atoms with van der Waals surface area (Å²) >= 11 is 3.09. The number of H-pyrrole nitrogens is 1. The number of rotatable bonds is 12. The average Bonchev–Trinajstić information content (AvgIpc) is 3.64. The Morgan fingerprint density at radius 2 is 2.05 bits per heavy atom. The van der Waals surface area contributed by atoms with Crippen molar-refractivity contribution in [1.82, 2.24) is 14.6 Å². The highest BCUT2D eigenvalue weighted by Crippen LogP contribution is 2.46. The van der Waals surface area contributed by atoms with Gasteiger partial charge in [-0.3, -0.25) is 23.7 Å². The van der Waals surface area contributed by atoms with E-state index >= 15 is 0 Å². The van der Waals surface area contributed by atoms with Crippen LogP contribution in [-0.2, 0) is 23.4 Å². The minimum absolute atomic E-state index is 0.0125. The second-order valence-electron chi connectivity index (χ2n) is 9.10. The molecule has 5 atom stereocenters. The standard InChI is InChI=1S/C24H29BrN3O9P/c1-15(23(31)34-13-16-7-8-16)27-38(33,37-18-5-3-2-4-6-18)35-14-20-19(29)11-21(36-20)28-12-17(9-10-25)22(30)26-24(28)32/h2-6,9-10,12,15-16,19-21,29H,7-8,11,13-14H2,1H3,(H,27,33)(H,26,30,32)/t15-,19?,20?,21?,38?/m0/s1. The van der Waals surface area contributed by atoms with Gasteiger partial charge >= 0.3 is 19.4 Å². The Labute approximate surface area is 226 Å². The van der Waals surface area contributed by atoms with Gasteiger partial charge in [0.05, 0.1) is 24.9 Å². The summed E-state index contributed by atoms with van der Waals surface area (Å²) in [7, 11) is -4.16. The first kappa shape index (κ1) is 28.5. The summed E-state index contributed by atoms with van der Waals surface area (Å²) in [5.41, 5.74) is -1.08. The van der Waals surface area contributed by atoms with Gasteiger partial charge in [0.2, 0.25) is 0 Å². The van der Waals surface area contributed by atoms with Crippen molar-refractivity contribution in [3.05, 3.63) is 67.9 Å². The number of aromatic amines is 1. The van der Waals surface area contributed by atoms with Gasteiger partial charge in [-0.15, -0.1) is 0 Å². The summed E-state index contributed by atoms with van der Waals surface area (Å²) < 4.78 is 37.1. The molecule has 4 rings (SSSR count). The van der Waals surface area contributed by atoms with Crippen molar-refractivity contribution in [1.29, 1.82) is 0 Å². The van der Waals surface area contributed by atoms with E-state index in [9.17, 15) is 24.1 Å². The Morgan fingerprint density at radius 1 is 1.32 bits per heavy atom. The number of esters is 1. The smallest absolute Gasteiger partial charge is 0.459 e. The van der Waals surface area contributed by atoms with Crippen molar-refractivity contribution in [2.75, 3.05) is 13.2 Å². The molecule has 2 aromatic rings. The number of aromatic nitrogens is 2. The number of nitrogens with one attached hydrogen (secondary N) is 2. The van der Waals surface area contributed by atoms with Crippen LogP contribution in [0.25, 0.3) is 6.08 Å². The molecule has 3 N–H and O–H groups in total. The van der Waals surface area contributed by atoms with Crippen LogP contribution in [0.3, 0.4) is 0 Å². The van der Waals surface area contributed by atoms with Crippen LogP contribution in [-0.4, -0.2) is 52.1 Å². The van der Waals surface area contributed by atoms with Gasteiger partial charge < -0.3 is 19.1 Å². The van der Waals surface area contributed by atoms with E-state index in [0.29, 0.717) is 12.5 Å². The Bertz CT molecular complexity index is 1310. The highest BCUT2D eigenvalue weighted by Gasteiger charge is 2.39. The third-order valence-electron chi connectivity index (χ3n) is 5.99. The largest absolute Gasteiger partial charge is 0.464 e. The number of halogens is 1. The molecule has 0 radical (unpaired) electrons. The maximum Gasteiger partial charge on any atom is 0.459 e. The molecule has 1 saturated heterocycles. The number of benzene rings is 1. The molecule has 12 nitrogen and oxygen atoms in total. The van der Waals surface area contributed by atoms with Gasteiger partial charge in [-0.2, -0.15) is 5.09 Å². The first-order valence-corrected chi connectivity index (χ1v) is 14.5. The van der Waals surface area contributed by atoms with Crippen molar-refractivity contribution in [3.8, 4) is 5.75 Å². The lowest BCUT2D eigenvalue weighted by Crippen LogP contribution is -2.36. The summed E-state index contributed by atoms with van der Waals surface area (Å²) in [6.45, 7) is 1.40. The molecule has 2 fully saturated rings. The van der Waals surface area contributed by atoms with E-state index in [1.807, 2.05) is 0 Å². The number of carbonyl (C=O) groups is 1. The summed E-state index contributed by atoms with van der Waals surface area (Å²) in [5.74, 6) is 0.00504. The summed E-state index contributed by atoms with van der Waals surface area (Å²) in [6, 6.07) is 7.26. The molecule has 1 aliphatic heterocycles. The van der Waals surface area contributed by atoms with E-state index in [0.717, 1.165) is 17.4 Å². The molecule has 1 aliphatic carbocycles. The van der Waals surface area contributed by atoms with Crippen molar-refractivity contribution < 1.29 is 33.0 Å². The zero-order valence-electron chi connectivity index (χ0n) is 20.5. The van der Waals surface area contributed by atoms with Crippen molar-refractivity contribution in [2.24, 2.45) is 5.92 Å². The molecular formula is C24H29BrN3O9P. The van der Waals surface area contributed by atoms with E-state index in [1.165, 1.54) is 24.2 Å². The number of nitrogens with zero attached hydrogens (tertiary/aromatic N) is 1. The van der Waals surface area contributed by atoms with Gasteiger partial charge in [0.25, 0.3) is 5.56 Å². The molecule has 206 valence electrons. The number of hydrogen-bond acceptors (Lipinski definition) is 9. The van der Waals surface area contributed by atoms with Crippen LogP contribution in [0.4, 0.5) is 0 Å². The molecule has 2 aliphatic rings. The molecule has 1 saturated carbocycles. The van der Waals surface area contributed by atoms with Crippen LogP contribution in [0, 0.1) is 5.92 Å². The lowest BCUT2D eigenvalue weighted by Gasteiger charge is -2.24. The highest BCUT2D eigenvalue weighted by atomic mass is 79.9. The van der Waals surface area contributed by atoms with E-state index in [4.69, 9.17) is 18.5 Å². The number of aliphatic hydroxyl groups is 1. The third-order valence-corrected chi connectivity index (χ3v) is 7.90. The first-order valence-electron chi connectivity index (χ1n) is 12.1. The third kappa shape index (κ3) is 7.52. The molecular weight excluding hydrogens is 585 g/mol. The van der Waals surface area contributed by atoms with E-state index in [2.05, 4.69) is 26.0 Å². The van der Waals surface area contributed by atoms with Gasteiger partial charge in [-0.05, 0) is 48.9 Å². The number of ether oxygens (including phenoxy) is 2. The second kappa shape index (κ2) is 12.5. The Hall–Kier alpha value is -2.54. The molecule has 0 bridgehead atoms. The van der Waals surface area contributed by atoms with E-state index in [1.54, 1.807) is 30.3 Å². The van der Waals surface area contributed by atoms with Crippen LogP contribution in [0.2, 0.25) is 0 Å². The van der Waals surface area contributed by atoms with Gasteiger partial charge in [-0.25, -0.2) is 9.36 Å². The zero-order chi connectivity index (χ0) is 27.3.